The molecule has 0 atom stereocenters. The minimum Gasteiger partial charge on any atom is -0.496 e. The fourth-order valence-electron chi connectivity index (χ4n) is 2.79. The van der Waals surface area contributed by atoms with Gasteiger partial charge in [0.2, 0.25) is 0 Å². The number of carbonyl (C=O) groups excluding carboxylic acids is 1. The number of rotatable bonds is 6. The van der Waals surface area contributed by atoms with E-state index in [4.69, 9.17) is 20.9 Å². The van der Waals surface area contributed by atoms with Crippen LogP contribution in [0, 0.1) is 6.92 Å². The molecular weight excluding hydrogens is 352 g/mol. The first-order valence-corrected chi connectivity index (χ1v) is 8.61. The second-order valence-corrected chi connectivity index (χ2v) is 6.17. The Labute approximate surface area is 156 Å². The molecule has 2 aromatic carbocycles. The average Bonchev–Trinajstić information content (AvgIpc) is 3.04. The van der Waals surface area contributed by atoms with Gasteiger partial charge in [-0.05, 0) is 31.0 Å². The molecule has 0 aliphatic heterocycles. The highest BCUT2D eigenvalue weighted by molar-refractivity contribution is 6.33. The highest BCUT2D eigenvalue weighted by Crippen LogP contribution is 2.30. The molecule has 0 aliphatic rings. The lowest BCUT2D eigenvalue weighted by molar-refractivity contribution is 0.0953. The number of amides is 1. The number of aryl methyl sites for hydroxylation is 1. The van der Waals surface area contributed by atoms with Crippen LogP contribution in [0.5, 0.6) is 5.75 Å². The first kappa shape index (κ1) is 18.0. The number of halogens is 1. The Bertz CT molecular complexity index is 921. The van der Waals surface area contributed by atoms with Crippen molar-refractivity contribution in [3.8, 4) is 17.0 Å². The van der Waals surface area contributed by atoms with Crippen LogP contribution in [0.25, 0.3) is 11.3 Å². The molecular formula is C20H19ClN2O3. The summed E-state index contributed by atoms with van der Waals surface area (Å²) in [5.74, 6) is 1.02. The van der Waals surface area contributed by atoms with Crippen LogP contribution in [-0.4, -0.2) is 24.7 Å². The summed E-state index contributed by atoms with van der Waals surface area (Å²) in [5, 5.41) is 7.46. The maximum Gasteiger partial charge on any atom is 0.257 e. The number of hydrogen-bond donors (Lipinski definition) is 1. The highest BCUT2D eigenvalue weighted by Gasteiger charge is 2.22. The minimum atomic E-state index is -0.242. The van der Waals surface area contributed by atoms with Crippen LogP contribution >= 0.6 is 11.6 Å². The van der Waals surface area contributed by atoms with Gasteiger partial charge in [0.1, 0.15) is 22.8 Å². The van der Waals surface area contributed by atoms with Crippen LogP contribution in [0.4, 0.5) is 0 Å². The summed E-state index contributed by atoms with van der Waals surface area (Å²) in [6, 6.07) is 15.0. The van der Waals surface area contributed by atoms with Crippen LogP contribution in [0.2, 0.25) is 5.02 Å². The van der Waals surface area contributed by atoms with E-state index in [0.717, 1.165) is 11.3 Å². The third-order valence-corrected chi connectivity index (χ3v) is 4.42. The van der Waals surface area contributed by atoms with Gasteiger partial charge in [-0.2, -0.15) is 0 Å². The molecule has 0 unspecified atom stereocenters. The Kier molecular flexibility index (Phi) is 5.58. The summed E-state index contributed by atoms with van der Waals surface area (Å²) in [6.45, 7) is 2.17. The number of benzene rings is 2. The average molecular weight is 371 g/mol. The summed E-state index contributed by atoms with van der Waals surface area (Å²) in [7, 11) is 1.63. The van der Waals surface area contributed by atoms with E-state index in [9.17, 15) is 4.79 Å². The first-order chi connectivity index (χ1) is 12.6. The van der Waals surface area contributed by atoms with Crippen molar-refractivity contribution in [3.63, 3.8) is 0 Å². The summed E-state index contributed by atoms with van der Waals surface area (Å²) in [6.07, 6.45) is 0.654. The molecule has 0 saturated heterocycles. The molecule has 0 aliphatic carbocycles. The van der Waals surface area contributed by atoms with Crippen LogP contribution in [-0.2, 0) is 6.42 Å². The molecule has 26 heavy (non-hydrogen) atoms. The van der Waals surface area contributed by atoms with E-state index in [0.29, 0.717) is 40.6 Å². The van der Waals surface area contributed by atoms with Gasteiger partial charge in [0.15, 0.2) is 0 Å². The Balaban J connectivity index is 1.75. The number of aromatic nitrogens is 1. The monoisotopic (exact) mass is 370 g/mol. The van der Waals surface area contributed by atoms with Crippen molar-refractivity contribution >= 4 is 17.5 Å². The molecule has 0 fully saturated rings. The van der Waals surface area contributed by atoms with E-state index in [2.05, 4.69) is 10.5 Å². The number of hydrogen-bond acceptors (Lipinski definition) is 4. The topological polar surface area (TPSA) is 64.4 Å². The summed E-state index contributed by atoms with van der Waals surface area (Å²) in [4.78, 5) is 12.7. The van der Waals surface area contributed by atoms with Crippen molar-refractivity contribution in [1.82, 2.24) is 10.5 Å². The maximum atomic E-state index is 12.7. The van der Waals surface area contributed by atoms with Gasteiger partial charge in [-0.15, -0.1) is 0 Å². The second-order valence-electron chi connectivity index (χ2n) is 5.76. The van der Waals surface area contributed by atoms with Crippen LogP contribution < -0.4 is 10.1 Å². The van der Waals surface area contributed by atoms with Crippen molar-refractivity contribution in [2.75, 3.05) is 13.7 Å². The Morgan fingerprint density at radius 1 is 1.19 bits per heavy atom. The lowest BCUT2D eigenvalue weighted by atomic mass is 10.1. The number of para-hydroxylation sites is 1. The lowest BCUT2D eigenvalue weighted by Crippen LogP contribution is -2.26. The number of nitrogens with one attached hydrogen (secondary N) is 1. The fourth-order valence-corrected chi connectivity index (χ4v) is 3.01. The smallest absolute Gasteiger partial charge is 0.257 e. The van der Waals surface area contributed by atoms with Crippen molar-refractivity contribution in [1.29, 1.82) is 0 Å². The quantitative estimate of drug-likeness (QED) is 0.703. The van der Waals surface area contributed by atoms with E-state index in [1.54, 1.807) is 20.1 Å². The van der Waals surface area contributed by atoms with E-state index in [1.807, 2.05) is 42.5 Å². The van der Waals surface area contributed by atoms with Crippen LogP contribution in [0.15, 0.2) is 53.1 Å². The third kappa shape index (κ3) is 3.73. The number of methoxy groups -OCH3 is 1. The SMILES string of the molecule is COc1ccccc1CCNC(=O)c1c(-c2ccccc2Cl)noc1C. The molecule has 134 valence electrons. The van der Waals surface area contributed by atoms with Crippen LogP contribution in [0.3, 0.4) is 0 Å². The van der Waals surface area contributed by atoms with Gasteiger partial charge in [-0.1, -0.05) is 53.2 Å². The Morgan fingerprint density at radius 2 is 1.92 bits per heavy atom. The molecule has 5 nitrogen and oxygen atoms in total. The minimum absolute atomic E-state index is 0.242. The molecule has 1 amide bonds. The number of nitrogens with zero attached hydrogens (tertiary/aromatic N) is 1. The van der Waals surface area contributed by atoms with Crippen LogP contribution in [0.1, 0.15) is 21.7 Å². The predicted octanol–water partition coefficient (Wildman–Crippen LogP) is 4.28. The lowest BCUT2D eigenvalue weighted by Gasteiger charge is -2.09. The summed E-state index contributed by atoms with van der Waals surface area (Å²) in [5.41, 5.74) is 2.55. The van der Waals surface area contributed by atoms with Gasteiger partial charge < -0.3 is 14.6 Å². The van der Waals surface area contributed by atoms with E-state index >= 15 is 0 Å². The van der Waals surface area contributed by atoms with Gasteiger partial charge in [0.25, 0.3) is 5.91 Å². The molecule has 1 N–H and O–H groups in total. The maximum absolute atomic E-state index is 12.7. The number of carbonyl (C=O) groups is 1. The fraction of sp³-hybridized carbons (Fsp3) is 0.200. The Hall–Kier alpha value is -2.79. The second kappa shape index (κ2) is 8.06. The largest absolute Gasteiger partial charge is 0.496 e. The zero-order valence-electron chi connectivity index (χ0n) is 14.6. The molecule has 1 aromatic heterocycles. The van der Waals surface area contributed by atoms with Crippen molar-refractivity contribution in [3.05, 3.63) is 70.4 Å². The molecule has 0 spiro atoms. The van der Waals surface area contributed by atoms with Gasteiger partial charge >= 0.3 is 0 Å². The van der Waals surface area contributed by atoms with Gasteiger partial charge in [-0.3, -0.25) is 4.79 Å². The molecule has 6 heteroatoms. The first-order valence-electron chi connectivity index (χ1n) is 8.23. The molecule has 3 rings (SSSR count). The summed E-state index contributed by atoms with van der Waals surface area (Å²) >= 11 is 6.24. The van der Waals surface area contributed by atoms with Crippen molar-refractivity contribution < 1.29 is 14.1 Å². The molecule has 0 bridgehead atoms. The molecule has 1 heterocycles. The van der Waals surface area contributed by atoms with E-state index in [1.165, 1.54) is 0 Å². The summed E-state index contributed by atoms with van der Waals surface area (Å²) < 4.78 is 10.6. The Morgan fingerprint density at radius 3 is 2.69 bits per heavy atom. The predicted molar refractivity (Wildman–Crippen MR) is 101 cm³/mol. The zero-order valence-corrected chi connectivity index (χ0v) is 15.3. The van der Waals surface area contributed by atoms with Gasteiger partial charge in [0.05, 0.1) is 12.1 Å². The van der Waals surface area contributed by atoms with E-state index in [-0.39, 0.29) is 5.91 Å². The molecule has 3 aromatic rings. The van der Waals surface area contributed by atoms with Gasteiger partial charge in [0, 0.05) is 12.1 Å². The molecule has 0 saturated carbocycles. The molecule has 0 radical (unpaired) electrons. The van der Waals surface area contributed by atoms with Gasteiger partial charge in [-0.25, -0.2) is 0 Å². The van der Waals surface area contributed by atoms with Crippen molar-refractivity contribution in [2.45, 2.75) is 13.3 Å². The normalized spacial score (nSPS) is 10.6. The van der Waals surface area contributed by atoms with E-state index < -0.39 is 0 Å². The standard InChI is InChI=1S/C20H19ClN2O3/c1-13-18(19(23-26-13)15-8-4-5-9-16(15)21)20(24)22-12-11-14-7-3-6-10-17(14)25-2/h3-10H,11-12H2,1-2H3,(H,22,24). The third-order valence-electron chi connectivity index (χ3n) is 4.09. The van der Waals surface area contributed by atoms with Crippen molar-refractivity contribution in [2.24, 2.45) is 0 Å². The number of ether oxygens (including phenoxy) is 1. The zero-order chi connectivity index (χ0) is 18.5. The highest BCUT2D eigenvalue weighted by atomic mass is 35.5.